The van der Waals surface area contributed by atoms with E-state index in [-0.39, 0.29) is 18.8 Å². The molecule has 0 saturated carbocycles. The van der Waals surface area contributed by atoms with Crippen molar-refractivity contribution >= 4 is 27.7 Å². The van der Waals surface area contributed by atoms with E-state index in [1.54, 1.807) is 24.3 Å². The zero-order chi connectivity index (χ0) is 15.1. The molecule has 0 radical (unpaired) electrons. The Bertz CT molecular complexity index is 606. The van der Waals surface area contributed by atoms with E-state index in [1.165, 1.54) is 0 Å². The molecule has 0 fully saturated rings. The van der Waals surface area contributed by atoms with Crippen molar-refractivity contribution in [1.82, 2.24) is 0 Å². The fourth-order valence-electron chi connectivity index (χ4n) is 1.82. The lowest BCUT2D eigenvalue weighted by Gasteiger charge is -2.05. The Balaban J connectivity index is 1.83. The van der Waals surface area contributed by atoms with E-state index in [2.05, 4.69) is 15.9 Å². The van der Waals surface area contributed by atoms with Gasteiger partial charge in [0, 0.05) is 10.9 Å². The van der Waals surface area contributed by atoms with Crippen LogP contribution >= 0.6 is 15.9 Å². The molecule has 0 aliphatic carbocycles. The van der Waals surface area contributed by atoms with E-state index >= 15 is 0 Å². The minimum atomic E-state index is -0.397. The molecule has 0 aliphatic rings. The molecule has 108 valence electrons. The summed E-state index contributed by atoms with van der Waals surface area (Å²) in [6.45, 7) is -0.220. The first-order valence-electron chi connectivity index (χ1n) is 6.56. The summed E-state index contributed by atoms with van der Waals surface area (Å²) in [7, 11) is 0. The second kappa shape index (κ2) is 7.74. The number of halogens is 1. The van der Waals surface area contributed by atoms with Crippen LogP contribution in [0.15, 0.2) is 54.6 Å². The number of ketones is 1. The summed E-state index contributed by atoms with van der Waals surface area (Å²) >= 11 is 3.37. The van der Waals surface area contributed by atoms with Crippen molar-refractivity contribution in [2.24, 2.45) is 0 Å². The van der Waals surface area contributed by atoms with Crippen LogP contribution in [0.1, 0.15) is 21.5 Å². The van der Waals surface area contributed by atoms with Gasteiger partial charge in [-0.25, -0.2) is 0 Å². The van der Waals surface area contributed by atoms with Gasteiger partial charge in [0.1, 0.15) is 0 Å². The Morgan fingerprint density at radius 2 is 1.52 bits per heavy atom. The number of hydrogen-bond donors (Lipinski definition) is 0. The van der Waals surface area contributed by atoms with Gasteiger partial charge in [-0.15, -0.1) is 0 Å². The minimum absolute atomic E-state index is 0.171. The molecule has 0 aromatic heterocycles. The standard InChI is InChI=1S/C17H15BrO3/c18-11-14-8-6-13(7-9-14)10-17(20)21-12-16(19)15-4-2-1-3-5-15/h1-9H,10-12H2. The number of Topliss-reactive ketones (excluding diaryl/α,β-unsaturated/α-hetero) is 1. The van der Waals surface area contributed by atoms with E-state index in [1.807, 2.05) is 30.3 Å². The number of carbonyl (C=O) groups is 2. The van der Waals surface area contributed by atoms with Crippen molar-refractivity contribution in [2.45, 2.75) is 11.8 Å². The summed E-state index contributed by atoms with van der Waals surface area (Å²) in [6, 6.07) is 16.5. The van der Waals surface area contributed by atoms with Crippen molar-refractivity contribution in [1.29, 1.82) is 0 Å². The zero-order valence-corrected chi connectivity index (χ0v) is 13.0. The number of benzene rings is 2. The highest BCUT2D eigenvalue weighted by atomic mass is 79.9. The molecule has 0 atom stereocenters. The topological polar surface area (TPSA) is 43.4 Å². The van der Waals surface area contributed by atoms with Crippen molar-refractivity contribution in [3.05, 3.63) is 71.3 Å². The fraction of sp³-hybridized carbons (Fsp3) is 0.176. The average molecular weight is 347 g/mol. The van der Waals surface area contributed by atoms with Crippen LogP contribution in [0, 0.1) is 0 Å². The summed E-state index contributed by atoms with van der Waals surface area (Å²) in [6.07, 6.45) is 0.171. The van der Waals surface area contributed by atoms with Gasteiger partial charge in [-0.05, 0) is 11.1 Å². The first-order valence-corrected chi connectivity index (χ1v) is 7.69. The molecule has 2 aromatic rings. The number of esters is 1. The summed E-state index contributed by atoms with van der Waals surface area (Å²) in [4.78, 5) is 23.5. The maximum Gasteiger partial charge on any atom is 0.310 e. The Labute approximate surface area is 132 Å². The van der Waals surface area contributed by atoms with Gasteiger partial charge in [0.15, 0.2) is 12.4 Å². The predicted octanol–water partition coefficient (Wildman–Crippen LogP) is 3.55. The third-order valence-electron chi connectivity index (χ3n) is 2.99. The number of alkyl halides is 1. The van der Waals surface area contributed by atoms with Gasteiger partial charge in [-0.1, -0.05) is 70.5 Å². The Morgan fingerprint density at radius 3 is 2.14 bits per heavy atom. The molecule has 0 bridgehead atoms. The van der Waals surface area contributed by atoms with Crippen LogP contribution < -0.4 is 0 Å². The molecule has 0 spiro atoms. The maximum absolute atomic E-state index is 11.8. The molecule has 4 heteroatoms. The smallest absolute Gasteiger partial charge is 0.310 e. The third kappa shape index (κ3) is 4.83. The first-order chi connectivity index (χ1) is 10.2. The van der Waals surface area contributed by atoms with Gasteiger partial charge in [0.2, 0.25) is 0 Å². The molecule has 2 aromatic carbocycles. The summed E-state index contributed by atoms with van der Waals surface area (Å²) in [5, 5.41) is 0.781. The molecule has 21 heavy (non-hydrogen) atoms. The first kappa shape index (κ1) is 15.4. The van der Waals surface area contributed by atoms with Gasteiger partial charge in [-0.3, -0.25) is 9.59 Å². The second-order valence-electron chi connectivity index (χ2n) is 4.58. The molecule has 0 saturated heterocycles. The lowest BCUT2D eigenvalue weighted by Crippen LogP contribution is -2.15. The lowest BCUT2D eigenvalue weighted by atomic mass is 10.1. The lowest BCUT2D eigenvalue weighted by molar-refractivity contribution is -0.141. The van der Waals surface area contributed by atoms with E-state index in [9.17, 15) is 9.59 Å². The molecule has 0 amide bonds. The Kier molecular flexibility index (Phi) is 5.69. The van der Waals surface area contributed by atoms with Crippen LogP contribution in [0.4, 0.5) is 0 Å². The predicted molar refractivity (Wildman–Crippen MR) is 84.5 cm³/mol. The average Bonchev–Trinajstić information content (AvgIpc) is 2.54. The van der Waals surface area contributed by atoms with Crippen LogP contribution in [-0.2, 0) is 21.3 Å². The maximum atomic E-state index is 11.8. The minimum Gasteiger partial charge on any atom is -0.457 e. The fourth-order valence-corrected chi connectivity index (χ4v) is 2.19. The largest absolute Gasteiger partial charge is 0.457 e. The van der Waals surface area contributed by atoms with Gasteiger partial charge < -0.3 is 4.74 Å². The van der Waals surface area contributed by atoms with E-state index < -0.39 is 5.97 Å². The molecule has 0 heterocycles. The number of carbonyl (C=O) groups excluding carboxylic acids is 2. The van der Waals surface area contributed by atoms with Gasteiger partial charge in [-0.2, -0.15) is 0 Å². The number of rotatable bonds is 6. The molecular formula is C17H15BrO3. The normalized spacial score (nSPS) is 10.1. The second-order valence-corrected chi connectivity index (χ2v) is 5.14. The van der Waals surface area contributed by atoms with E-state index in [0.717, 1.165) is 16.5 Å². The monoisotopic (exact) mass is 346 g/mol. The van der Waals surface area contributed by atoms with Crippen molar-refractivity contribution in [2.75, 3.05) is 6.61 Å². The van der Waals surface area contributed by atoms with E-state index in [4.69, 9.17) is 4.74 Å². The van der Waals surface area contributed by atoms with Crippen LogP contribution in [0.25, 0.3) is 0 Å². The molecule has 2 rings (SSSR count). The van der Waals surface area contributed by atoms with E-state index in [0.29, 0.717) is 5.56 Å². The van der Waals surface area contributed by atoms with Gasteiger partial charge >= 0.3 is 5.97 Å². The highest BCUT2D eigenvalue weighted by Crippen LogP contribution is 2.09. The third-order valence-corrected chi connectivity index (χ3v) is 3.63. The van der Waals surface area contributed by atoms with Crippen LogP contribution in [-0.4, -0.2) is 18.4 Å². The summed E-state index contributed by atoms with van der Waals surface area (Å²) < 4.78 is 5.02. The van der Waals surface area contributed by atoms with Gasteiger partial charge in [0.05, 0.1) is 6.42 Å². The van der Waals surface area contributed by atoms with Crippen molar-refractivity contribution in [3.63, 3.8) is 0 Å². The number of hydrogen-bond acceptors (Lipinski definition) is 3. The molecule has 0 unspecified atom stereocenters. The molecule has 0 N–H and O–H groups in total. The number of ether oxygens (including phenoxy) is 1. The van der Waals surface area contributed by atoms with Crippen LogP contribution in [0.3, 0.4) is 0 Å². The van der Waals surface area contributed by atoms with Gasteiger partial charge in [0.25, 0.3) is 0 Å². The highest BCUT2D eigenvalue weighted by Gasteiger charge is 2.10. The molecular weight excluding hydrogens is 332 g/mol. The zero-order valence-electron chi connectivity index (χ0n) is 11.4. The summed E-state index contributed by atoms with van der Waals surface area (Å²) in [5.41, 5.74) is 2.57. The molecule has 0 aliphatic heterocycles. The highest BCUT2D eigenvalue weighted by molar-refractivity contribution is 9.08. The van der Waals surface area contributed by atoms with Crippen molar-refractivity contribution < 1.29 is 14.3 Å². The van der Waals surface area contributed by atoms with Crippen LogP contribution in [0.5, 0.6) is 0 Å². The SMILES string of the molecule is O=C(Cc1ccc(CBr)cc1)OCC(=O)c1ccccc1. The Hall–Kier alpha value is -1.94. The quantitative estimate of drug-likeness (QED) is 0.456. The summed E-state index contributed by atoms with van der Waals surface area (Å²) in [5.74, 6) is -0.593. The Morgan fingerprint density at radius 1 is 0.905 bits per heavy atom. The van der Waals surface area contributed by atoms with Crippen molar-refractivity contribution in [3.8, 4) is 0 Å². The molecule has 3 nitrogen and oxygen atoms in total. The van der Waals surface area contributed by atoms with Crippen LogP contribution in [0.2, 0.25) is 0 Å².